The van der Waals surface area contributed by atoms with Crippen LogP contribution in [0.2, 0.25) is 5.02 Å². The van der Waals surface area contributed by atoms with Crippen LogP contribution in [0.5, 0.6) is 5.75 Å². The highest BCUT2D eigenvalue weighted by Gasteiger charge is 2.55. The number of hydrogen-bond acceptors (Lipinski definition) is 7. The van der Waals surface area contributed by atoms with Gasteiger partial charge in [0, 0.05) is 6.54 Å². The van der Waals surface area contributed by atoms with Crippen LogP contribution < -0.4 is 15.8 Å². The summed E-state index contributed by atoms with van der Waals surface area (Å²) >= 11 is 5.94. The Morgan fingerprint density at radius 2 is 1.83 bits per heavy atom. The van der Waals surface area contributed by atoms with E-state index in [1.807, 2.05) is 5.32 Å². The summed E-state index contributed by atoms with van der Waals surface area (Å²) in [4.78, 5) is 26.1. The van der Waals surface area contributed by atoms with Gasteiger partial charge in [-0.15, -0.1) is 0 Å². The van der Waals surface area contributed by atoms with E-state index in [-0.39, 0.29) is 17.1 Å². The molecule has 2 amide bonds. The molecule has 222 valence electrons. The summed E-state index contributed by atoms with van der Waals surface area (Å²) in [5.74, 6) is -4.19. The molecule has 3 aromatic rings. The van der Waals surface area contributed by atoms with Crippen molar-refractivity contribution < 1.29 is 50.9 Å². The van der Waals surface area contributed by atoms with Crippen LogP contribution in [0, 0.1) is 5.82 Å². The first kappa shape index (κ1) is 31.5. The fourth-order valence-corrected chi connectivity index (χ4v) is 3.89. The first-order chi connectivity index (χ1) is 19.2. The highest BCUT2D eigenvalue weighted by atomic mass is 35.5. The minimum absolute atomic E-state index is 0.239. The second kappa shape index (κ2) is 12.7. The lowest BCUT2D eigenvalue weighted by molar-refractivity contribution is -0.260. The number of nitrogens with one attached hydrogen (secondary N) is 1. The number of aliphatic hydroxyl groups excluding tert-OH is 1. The van der Waals surface area contributed by atoms with Crippen molar-refractivity contribution in [3.63, 3.8) is 0 Å². The first-order valence-corrected chi connectivity index (χ1v) is 11.9. The fraction of sp³-hybridized carbons (Fsp3) is 0.292. The Morgan fingerprint density at radius 3 is 2.41 bits per heavy atom. The summed E-state index contributed by atoms with van der Waals surface area (Å²) in [5.41, 5.74) is 1.20. The molecule has 0 spiro atoms. The maximum Gasteiger partial charge on any atom is 0.420 e. The fourth-order valence-electron chi connectivity index (χ4n) is 3.64. The Balaban J connectivity index is 1.86. The lowest BCUT2D eigenvalue weighted by Gasteiger charge is -2.36. The molecule has 1 unspecified atom stereocenters. The number of benzene rings is 2. The summed E-state index contributed by atoms with van der Waals surface area (Å²) < 4.78 is 86.4. The van der Waals surface area contributed by atoms with E-state index in [1.54, 1.807) is 0 Å². The van der Waals surface area contributed by atoms with Crippen molar-refractivity contribution in [1.82, 2.24) is 20.0 Å². The lowest BCUT2D eigenvalue weighted by Crippen LogP contribution is -2.60. The third-order valence-electron chi connectivity index (χ3n) is 5.71. The Bertz CT molecular complexity index is 1390. The second-order valence-electron chi connectivity index (χ2n) is 8.49. The van der Waals surface area contributed by atoms with Crippen LogP contribution in [0.3, 0.4) is 0 Å². The molecule has 0 aliphatic carbocycles. The monoisotopic (exact) mass is 609 g/mol. The predicted octanol–water partition coefficient (Wildman–Crippen LogP) is 3.01. The number of aromatic nitrogens is 2. The molecule has 0 saturated heterocycles. The van der Waals surface area contributed by atoms with E-state index in [4.69, 9.17) is 17.3 Å². The van der Waals surface area contributed by atoms with Crippen LogP contribution in [0.25, 0.3) is 5.69 Å². The van der Waals surface area contributed by atoms with Crippen LogP contribution >= 0.6 is 11.6 Å². The Labute approximate surface area is 232 Å². The highest BCUT2D eigenvalue weighted by Crippen LogP contribution is 2.34. The Kier molecular flexibility index (Phi) is 9.73. The van der Waals surface area contributed by atoms with E-state index in [1.165, 1.54) is 12.1 Å². The molecule has 1 heterocycles. The molecular weight excluding hydrogens is 588 g/mol. The number of alkyl halides is 5. The zero-order valence-corrected chi connectivity index (χ0v) is 21.5. The molecule has 5 N–H and O–H groups in total. The van der Waals surface area contributed by atoms with E-state index in [0.717, 1.165) is 41.2 Å². The lowest BCUT2D eigenvalue weighted by atomic mass is 10.0. The standard InChI is InChI=1S/C24H22ClF6N5O5/c25-16-2-1-3-17(41-22(27)28)18(16)21(39)35(8-9-37)12-23(40,24(29,30)31)11-33-20(38)15-10-34-36(19(15)32)14-6-4-13(26)5-7-14/h1-7,10,22,37,40H,8-9,11-12,32H2,(H,33,38). The molecule has 0 aliphatic heterocycles. The number of halogens is 7. The molecule has 0 fully saturated rings. The van der Waals surface area contributed by atoms with Crippen LogP contribution in [-0.4, -0.2) is 81.3 Å². The summed E-state index contributed by atoms with van der Waals surface area (Å²) in [6.07, 6.45) is -4.52. The third kappa shape index (κ3) is 7.20. The van der Waals surface area contributed by atoms with E-state index in [9.17, 15) is 46.1 Å². The topological polar surface area (TPSA) is 143 Å². The number of anilines is 1. The molecule has 0 radical (unpaired) electrons. The number of ether oxygens (including phenoxy) is 1. The first-order valence-electron chi connectivity index (χ1n) is 11.5. The van der Waals surface area contributed by atoms with E-state index >= 15 is 0 Å². The van der Waals surface area contributed by atoms with Gasteiger partial charge in [0.1, 0.15) is 28.5 Å². The summed E-state index contributed by atoms with van der Waals surface area (Å²) in [6, 6.07) is 7.91. The van der Waals surface area contributed by atoms with Crippen molar-refractivity contribution in [3.8, 4) is 11.4 Å². The van der Waals surface area contributed by atoms with Gasteiger partial charge in [0.2, 0.25) is 0 Å². The molecule has 0 aliphatic rings. The minimum atomic E-state index is -5.46. The van der Waals surface area contributed by atoms with Gasteiger partial charge >= 0.3 is 12.8 Å². The average molecular weight is 610 g/mol. The van der Waals surface area contributed by atoms with Crippen molar-refractivity contribution in [2.75, 3.05) is 32.0 Å². The number of aliphatic hydroxyl groups is 2. The van der Waals surface area contributed by atoms with Crippen molar-refractivity contribution in [2.45, 2.75) is 18.4 Å². The van der Waals surface area contributed by atoms with Gasteiger partial charge in [0.15, 0.2) is 5.60 Å². The second-order valence-corrected chi connectivity index (χ2v) is 8.89. The Morgan fingerprint density at radius 1 is 1.17 bits per heavy atom. The van der Waals surface area contributed by atoms with E-state index in [2.05, 4.69) is 9.84 Å². The number of nitrogens with zero attached hydrogens (tertiary/aromatic N) is 3. The van der Waals surface area contributed by atoms with Gasteiger partial charge in [-0.05, 0) is 36.4 Å². The van der Waals surface area contributed by atoms with Gasteiger partial charge in [-0.25, -0.2) is 9.07 Å². The van der Waals surface area contributed by atoms with Gasteiger partial charge in [-0.3, -0.25) is 9.59 Å². The maximum absolute atomic E-state index is 14.1. The van der Waals surface area contributed by atoms with Gasteiger partial charge in [0.05, 0.1) is 36.6 Å². The minimum Gasteiger partial charge on any atom is -0.434 e. The summed E-state index contributed by atoms with van der Waals surface area (Å²) in [6.45, 7) is -8.15. The number of carbonyl (C=O) groups excluding carboxylic acids is 2. The van der Waals surface area contributed by atoms with Gasteiger partial charge in [-0.1, -0.05) is 17.7 Å². The highest BCUT2D eigenvalue weighted by molar-refractivity contribution is 6.34. The van der Waals surface area contributed by atoms with E-state index in [0.29, 0.717) is 4.90 Å². The SMILES string of the molecule is Nc1c(C(=O)NCC(O)(CN(CCO)C(=O)c2c(Cl)cccc2OC(F)F)C(F)(F)F)cnn1-c1ccc(F)cc1. The third-order valence-corrected chi connectivity index (χ3v) is 6.02. The van der Waals surface area contributed by atoms with Gasteiger partial charge in [-0.2, -0.15) is 27.1 Å². The molecule has 1 aromatic heterocycles. The molecule has 3 rings (SSSR count). The van der Waals surface area contributed by atoms with E-state index < -0.39 is 78.6 Å². The normalized spacial score (nSPS) is 13.1. The van der Waals surface area contributed by atoms with Crippen molar-refractivity contribution in [1.29, 1.82) is 0 Å². The van der Waals surface area contributed by atoms with Crippen molar-refractivity contribution in [2.24, 2.45) is 0 Å². The van der Waals surface area contributed by atoms with Gasteiger partial charge < -0.3 is 30.9 Å². The number of rotatable bonds is 11. The number of amides is 2. The zero-order chi connectivity index (χ0) is 30.5. The quantitative estimate of drug-likeness (QED) is 0.245. The smallest absolute Gasteiger partial charge is 0.420 e. The Hall–Kier alpha value is -4.02. The molecule has 0 bridgehead atoms. The number of nitrogens with two attached hydrogens (primary N) is 1. The summed E-state index contributed by atoms with van der Waals surface area (Å²) in [5, 5.41) is 25.3. The number of carbonyl (C=O) groups is 2. The average Bonchev–Trinajstić information content (AvgIpc) is 3.27. The molecule has 2 aromatic carbocycles. The molecular formula is C24H22ClF6N5O5. The van der Waals surface area contributed by atoms with Crippen LogP contribution in [0.1, 0.15) is 20.7 Å². The van der Waals surface area contributed by atoms with Crippen molar-refractivity contribution in [3.05, 3.63) is 70.6 Å². The molecule has 10 nitrogen and oxygen atoms in total. The molecule has 41 heavy (non-hydrogen) atoms. The summed E-state index contributed by atoms with van der Waals surface area (Å²) in [7, 11) is 0. The molecule has 1 atom stereocenters. The van der Waals surface area contributed by atoms with Crippen molar-refractivity contribution >= 4 is 29.2 Å². The predicted molar refractivity (Wildman–Crippen MR) is 132 cm³/mol. The van der Waals surface area contributed by atoms with Crippen LogP contribution in [0.15, 0.2) is 48.7 Å². The largest absolute Gasteiger partial charge is 0.434 e. The maximum atomic E-state index is 14.1. The number of hydrogen-bond donors (Lipinski definition) is 4. The zero-order valence-electron chi connectivity index (χ0n) is 20.7. The van der Waals surface area contributed by atoms with Crippen LogP contribution in [-0.2, 0) is 0 Å². The number of nitrogen functional groups attached to an aromatic ring is 1. The van der Waals surface area contributed by atoms with Crippen LogP contribution in [0.4, 0.5) is 32.2 Å². The molecule has 17 heteroatoms. The molecule has 0 saturated carbocycles. The van der Waals surface area contributed by atoms with Gasteiger partial charge in [0.25, 0.3) is 11.8 Å².